The average molecular weight is 289 g/mol. The van der Waals surface area contributed by atoms with Crippen LogP contribution in [0.5, 0.6) is 0 Å². The van der Waals surface area contributed by atoms with Crippen molar-refractivity contribution in [2.45, 2.75) is 32.3 Å². The molecular formula is C13H20FNO3S. The first kappa shape index (κ1) is 16.1. The zero-order valence-electron chi connectivity index (χ0n) is 10.8. The van der Waals surface area contributed by atoms with Crippen molar-refractivity contribution in [1.82, 2.24) is 0 Å². The summed E-state index contributed by atoms with van der Waals surface area (Å²) in [5.41, 5.74) is 0.553. The molecule has 0 atom stereocenters. The van der Waals surface area contributed by atoms with E-state index in [1.165, 1.54) is 6.07 Å². The lowest BCUT2D eigenvalue weighted by Gasteiger charge is -2.05. The van der Waals surface area contributed by atoms with Crippen LogP contribution < -0.4 is 5.14 Å². The number of hydrogen-bond donors (Lipinski definition) is 1. The van der Waals surface area contributed by atoms with Crippen molar-refractivity contribution in [1.29, 1.82) is 0 Å². The fraction of sp³-hybridized carbons (Fsp3) is 0.538. The standard InChI is InChI=1S/C13H20FNO3S/c14-13-8-4-3-7-12(13)11-18-9-5-1-2-6-10-19(15,16)17/h3-4,7-8H,1-2,5-6,9-11H2,(H2,15,16,17). The van der Waals surface area contributed by atoms with E-state index in [0.717, 1.165) is 19.3 Å². The fourth-order valence-electron chi connectivity index (χ4n) is 1.66. The number of benzene rings is 1. The molecule has 4 nitrogen and oxygen atoms in total. The molecule has 1 aromatic rings. The Morgan fingerprint density at radius 3 is 2.47 bits per heavy atom. The van der Waals surface area contributed by atoms with Crippen molar-refractivity contribution in [3.63, 3.8) is 0 Å². The fourth-order valence-corrected chi connectivity index (χ4v) is 2.26. The molecule has 19 heavy (non-hydrogen) atoms. The minimum atomic E-state index is -3.34. The highest BCUT2D eigenvalue weighted by Crippen LogP contribution is 2.08. The molecule has 1 aromatic carbocycles. The van der Waals surface area contributed by atoms with E-state index in [9.17, 15) is 12.8 Å². The van der Waals surface area contributed by atoms with E-state index >= 15 is 0 Å². The van der Waals surface area contributed by atoms with Crippen molar-refractivity contribution < 1.29 is 17.5 Å². The maximum atomic E-state index is 13.2. The Bertz CT molecular complexity index is 477. The first-order valence-electron chi connectivity index (χ1n) is 6.30. The van der Waals surface area contributed by atoms with Crippen LogP contribution in [0.25, 0.3) is 0 Å². The number of unbranched alkanes of at least 4 members (excludes halogenated alkanes) is 3. The van der Waals surface area contributed by atoms with E-state index in [0.29, 0.717) is 18.6 Å². The van der Waals surface area contributed by atoms with Gasteiger partial charge in [-0.15, -0.1) is 0 Å². The largest absolute Gasteiger partial charge is 0.377 e. The summed E-state index contributed by atoms with van der Waals surface area (Å²) < 4.78 is 39.9. The van der Waals surface area contributed by atoms with Crippen molar-refractivity contribution in [2.75, 3.05) is 12.4 Å². The van der Waals surface area contributed by atoms with E-state index < -0.39 is 10.0 Å². The number of sulfonamides is 1. The predicted molar refractivity (Wildman–Crippen MR) is 72.5 cm³/mol. The first-order chi connectivity index (χ1) is 8.99. The van der Waals surface area contributed by atoms with Gasteiger partial charge < -0.3 is 4.74 Å². The summed E-state index contributed by atoms with van der Waals surface area (Å²) in [6, 6.07) is 6.52. The molecule has 0 aliphatic rings. The molecule has 0 saturated heterocycles. The monoisotopic (exact) mass is 289 g/mol. The molecule has 0 aromatic heterocycles. The molecule has 0 bridgehead atoms. The normalized spacial score (nSPS) is 11.7. The smallest absolute Gasteiger partial charge is 0.209 e. The second-order valence-electron chi connectivity index (χ2n) is 4.43. The lowest BCUT2D eigenvalue weighted by atomic mass is 10.2. The van der Waals surface area contributed by atoms with Crippen LogP contribution in [0.15, 0.2) is 24.3 Å². The van der Waals surface area contributed by atoms with Crippen LogP contribution in [0, 0.1) is 5.82 Å². The van der Waals surface area contributed by atoms with Crippen molar-refractivity contribution >= 4 is 10.0 Å². The van der Waals surface area contributed by atoms with Gasteiger partial charge in [-0.05, 0) is 18.9 Å². The highest BCUT2D eigenvalue weighted by molar-refractivity contribution is 7.89. The highest BCUT2D eigenvalue weighted by Gasteiger charge is 2.02. The maximum Gasteiger partial charge on any atom is 0.209 e. The molecule has 108 valence electrons. The van der Waals surface area contributed by atoms with E-state index in [4.69, 9.17) is 9.88 Å². The SMILES string of the molecule is NS(=O)(=O)CCCCCCOCc1ccccc1F. The lowest BCUT2D eigenvalue weighted by molar-refractivity contribution is 0.114. The molecule has 0 amide bonds. The number of primary sulfonamides is 1. The van der Waals surface area contributed by atoms with Crippen molar-refractivity contribution in [3.8, 4) is 0 Å². The number of nitrogens with two attached hydrogens (primary N) is 1. The van der Waals surface area contributed by atoms with E-state index in [1.54, 1.807) is 18.2 Å². The Kier molecular flexibility index (Phi) is 6.97. The Hall–Kier alpha value is -0.980. The average Bonchev–Trinajstić information content (AvgIpc) is 2.33. The number of ether oxygens (including phenoxy) is 1. The summed E-state index contributed by atoms with van der Waals surface area (Å²) in [5, 5.41) is 4.89. The molecule has 0 fully saturated rings. The summed E-state index contributed by atoms with van der Waals surface area (Å²) in [7, 11) is -3.34. The molecule has 6 heteroatoms. The van der Waals surface area contributed by atoms with Gasteiger partial charge >= 0.3 is 0 Å². The van der Waals surface area contributed by atoms with Crippen LogP contribution in [0.2, 0.25) is 0 Å². The minimum absolute atomic E-state index is 0.0308. The van der Waals surface area contributed by atoms with Crippen LogP contribution in [0.3, 0.4) is 0 Å². The third kappa shape index (κ3) is 7.92. The Morgan fingerprint density at radius 1 is 1.11 bits per heavy atom. The Labute approximate surface area is 113 Å². The molecular weight excluding hydrogens is 269 g/mol. The van der Waals surface area contributed by atoms with Gasteiger partial charge in [0.25, 0.3) is 0 Å². The summed E-state index contributed by atoms with van der Waals surface area (Å²) in [5.74, 6) is -0.223. The minimum Gasteiger partial charge on any atom is -0.377 e. The van der Waals surface area contributed by atoms with Crippen LogP contribution in [-0.4, -0.2) is 20.8 Å². The molecule has 0 unspecified atom stereocenters. The van der Waals surface area contributed by atoms with Gasteiger partial charge in [0.05, 0.1) is 12.4 Å². The van der Waals surface area contributed by atoms with Gasteiger partial charge in [0, 0.05) is 12.2 Å². The summed E-state index contributed by atoms with van der Waals surface area (Å²) in [6.45, 7) is 0.813. The van der Waals surface area contributed by atoms with Gasteiger partial charge in [-0.1, -0.05) is 31.0 Å². The second kappa shape index (κ2) is 8.24. The number of rotatable bonds is 9. The maximum absolute atomic E-state index is 13.2. The van der Waals surface area contributed by atoms with E-state index in [2.05, 4.69) is 0 Å². The molecule has 0 radical (unpaired) electrons. The molecule has 2 N–H and O–H groups in total. The van der Waals surface area contributed by atoms with Crippen LogP contribution in [0.1, 0.15) is 31.2 Å². The second-order valence-corrected chi connectivity index (χ2v) is 6.16. The topological polar surface area (TPSA) is 69.4 Å². The van der Waals surface area contributed by atoms with Gasteiger partial charge in [0.15, 0.2) is 0 Å². The molecule has 0 heterocycles. The highest BCUT2D eigenvalue weighted by atomic mass is 32.2. The molecule has 0 spiro atoms. The first-order valence-corrected chi connectivity index (χ1v) is 8.02. The Morgan fingerprint density at radius 2 is 1.79 bits per heavy atom. The van der Waals surface area contributed by atoms with Gasteiger partial charge in [-0.3, -0.25) is 0 Å². The lowest BCUT2D eigenvalue weighted by Crippen LogP contribution is -2.16. The Balaban J connectivity index is 2.02. The van der Waals surface area contributed by atoms with Crippen molar-refractivity contribution in [3.05, 3.63) is 35.6 Å². The quantitative estimate of drug-likeness (QED) is 0.708. The molecule has 0 aliphatic carbocycles. The molecule has 0 saturated carbocycles. The van der Waals surface area contributed by atoms with Gasteiger partial charge in [-0.25, -0.2) is 17.9 Å². The predicted octanol–water partition coefficient (Wildman–Crippen LogP) is 2.19. The molecule has 0 aliphatic heterocycles. The summed E-state index contributed by atoms with van der Waals surface area (Å²) in [4.78, 5) is 0. The third-order valence-corrected chi connectivity index (χ3v) is 3.54. The van der Waals surface area contributed by atoms with E-state index in [-0.39, 0.29) is 18.2 Å². The van der Waals surface area contributed by atoms with Crippen molar-refractivity contribution in [2.24, 2.45) is 5.14 Å². The number of hydrogen-bond acceptors (Lipinski definition) is 3. The van der Waals surface area contributed by atoms with Gasteiger partial charge in [0.2, 0.25) is 10.0 Å². The van der Waals surface area contributed by atoms with Crippen LogP contribution >= 0.6 is 0 Å². The van der Waals surface area contributed by atoms with Crippen LogP contribution in [0.4, 0.5) is 4.39 Å². The van der Waals surface area contributed by atoms with E-state index in [1.807, 2.05) is 0 Å². The van der Waals surface area contributed by atoms with Gasteiger partial charge in [-0.2, -0.15) is 0 Å². The summed E-state index contributed by atoms with van der Waals surface area (Å²) in [6.07, 6.45) is 3.09. The number of halogens is 1. The zero-order valence-corrected chi connectivity index (χ0v) is 11.7. The van der Waals surface area contributed by atoms with Crippen LogP contribution in [-0.2, 0) is 21.4 Å². The third-order valence-electron chi connectivity index (χ3n) is 2.68. The summed E-state index contributed by atoms with van der Waals surface area (Å²) >= 11 is 0. The zero-order chi connectivity index (χ0) is 14.1. The molecule has 1 rings (SSSR count). The van der Waals surface area contributed by atoms with Gasteiger partial charge in [0.1, 0.15) is 5.82 Å².